The molecule has 0 aliphatic heterocycles. The summed E-state index contributed by atoms with van der Waals surface area (Å²) in [5.74, 6) is 0.387. The fraction of sp³-hybridized carbons (Fsp3) is 0.118. The van der Waals surface area contributed by atoms with E-state index in [0.29, 0.717) is 5.02 Å². The monoisotopic (exact) mass is 302 g/mol. The van der Waals surface area contributed by atoms with E-state index in [4.69, 9.17) is 21.1 Å². The van der Waals surface area contributed by atoms with Gasteiger partial charge in [0.25, 0.3) is 0 Å². The van der Waals surface area contributed by atoms with Gasteiger partial charge in [0, 0.05) is 11.1 Å². The first-order valence-electron chi connectivity index (χ1n) is 6.41. The molecule has 0 fully saturated rings. The minimum absolute atomic E-state index is 0.225. The number of ether oxygens (including phenoxy) is 2. The van der Waals surface area contributed by atoms with Crippen molar-refractivity contribution in [2.45, 2.75) is 6.61 Å². The van der Waals surface area contributed by atoms with Gasteiger partial charge in [-0.1, -0.05) is 35.9 Å². The Morgan fingerprint density at radius 3 is 2.38 bits per heavy atom. The third kappa shape index (κ3) is 4.97. The zero-order chi connectivity index (χ0) is 15.1. The number of benzene rings is 2. The minimum atomic E-state index is -0.388. The molecule has 0 amide bonds. The van der Waals surface area contributed by atoms with Crippen molar-refractivity contribution in [1.29, 1.82) is 0 Å². The molecule has 4 heteroatoms. The van der Waals surface area contributed by atoms with Gasteiger partial charge in [-0.25, -0.2) is 4.79 Å². The highest BCUT2D eigenvalue weighted by Crippen LogP contribution is 2.13. The molecule has 0 heterocycles. The molecule has 2 aromatic rings. The number of hydrogen-bond donors (Lipinski definition) is 0. The third-order valence-corrected chi connectivity index (χ3v) is 3.07. The lowest BCUT2D eigenvalue weighted by molar-refractivity contribution is -0.138. The predicted octanol–water partition coefficient (Wildman–Crippen LogP) is 4.11. The maximum Gasteiger partial charge on any atom is 0.331 e. The molecule has 0 saturated heterocycles. The molecule has 0 N–H and O–H groups in total. The standard InChI is InChI=1S/C17H15ClO3/c1-20-16-9-4-13(5-10-16)6-11-17(19)21-12-14-2-7-15(18)8-3-14/h2-11H,12H2,1H3/b11-6+. The van der Waals surface area contributed by atoms with Gasteiger partial charge in [0.2, 0.25) is 0 Å². The number of hydrogen-bond acceptors (Lipinski definition) is 3. The summed E-state index contributed by atoms with van der Waals surface area (Å²) >= 11 is 5.79. The average Bonchev–Trinajstić information content (AvgIpc) is 2.53. The topological polar surface area (TPSA) is 35.5 Å². The van der Waals surface area contributed by atoms with Crippen LogP contribution in [0.15, 0.2) is 54.6 Å². The number of rotatable bonds is 5. The quantitative estimate of drug-likeness (QED) is 0.616. The van der Waals surface area contributed by atoms with Gasteiger partial charge >= 0.3 is 5.97 Å². The van der Waals surface area contributed by atoms with Gasteiger partial charge in [0.15, 0.2) is 0 Å². The predicted molar refractivity (Wildman–Crippen MR) is 83.3 cm³/mol. The van der Waals surface area contributed by atoms with Crippen LogP contribution in [0.1, 0.15) is 11.1 Å². The Hall–Kier alpha value is -2.26. The zero-order valence-corrected chi connectivity index (χ0v) is 12.3. The summed E-state index contributed by atoms with van der Waals surface area (Å²) in [4.78, 5) is 11.6. The number of carbonyl (C=O) groups excluding carboxylic acids is 1. The summed E-state index contributed by atoms with van der Waals surface area (Å²) in [5, 5.41) is 0.657. The van der Waals surface area contributed by atoms with E-state index in [-0.39, 0.29) is 12.6 Å². The van der Waals surface area contributed by atoms with Gasteiger partial charge in [-0.2, -0.15) is 0 Å². The van der Waals surface area contributed by atoms with Crippen molar-refractivity contribution in [3.05, 3.63) is 70.8 Å². The first-order chi connectivity index (χ1) is 10.2. The van der Waals surface area contributed by atoms with E-state index in [1.54, 1.807) is 25.3 Å². The van der Waals surface area contributed by atoms with Crippen molar-refractivity contribution >= 4 is 23.6 Å². The molecule has 108 valence electrons. The zero-order valence-electron chi connectivity index (χ0n) is 11.6. The Kier molecular flexibility index (Phi) is 5.41. The average molecular weight is 303 g/mol. The number of halogens is 1. The summed E-state index contributed by atoms with van der Waals surface area (Å²) in [6, 6.07) is 14.6. The molecule has 0 spiro atoms. The molecule has 2 rings (SSSR count). The van der Waals surface area contributed by atoms with E-state index >= 15 is 0 Å². The summed E-state index contributed by atoms with van der Waals surface area (Å²) in [6.07, 6.45) is 3.10. The molecule has 0 bridgehead atoms. The van der Waals surface area contributed by atoms with Crippen LogP contribution in [0.5, 0.6) is 5.75 Å². The summed E-state index contributed by atoms with van der Waals surface area (Å²) < 4.78 is 10.2. The molecule has 0 atom stereocenters. The highest BCUT2D eigenvalue weighted by Gasteiger charge is 1.99. The van der Waals surface area contributed by atoms with Crippen LogP contribution in [0.3, 0.4) is 0 Å². The molecule has 2 aromatic carbocycles. The van der Waals surface area contributed by atoms with Gasteiger partial charge in [-0.3, -0.25) is 0 Å². The Labute approximate surface area is 128 Å². The second kappa shape index (κ2) is 7.50. The van der Waals surface area contributed by atoms with Crippen molar-refractivity contribution in [3.8, 4) is 5.75 Å². The molecule has 0 aromatic heterocycles. The highest BCUT2D eigenvalue weighted by atomic mass is 35.5. The largest absolute Gasteiger partial charge is 0.497 e. The lowest BCUT2D eigenvalue weighted by atomic mass is 10.2. The molecule has 3 nitrogen and oxygen atoms in total. The molecule has 21 heavy (non-hydrogen) atoms. The normalized spacial score (nSPS) is 10.6. The summed E-state index contributed by atoms with van der Waals surface area (Å²) in [6.45, 7) is 0.225. The first kappa shape index (κ1) is 15.1. The maximum atomic E-state index is 11.6. The Morgan fingerprint density at radius 2 is 1.76 bits per heavy atom. The van der Waals surface area contributed by atoms with Crippen LogP contribution in [-0.2, 0) is 16.1 Å². The molecule has 0 radical (unpaired) electrons. The first-order valence-corrected chi connectivity index (χ1v) is 6.78. The Balaban J connectivity index is 1.85. The molecular formula is C17H15ClO3. The van der Waals surface area contributed by atoms with Crippen LogP contribution < -0.4 is 4.74 Å². The second-order valence-corrected chi connectivity index (χ2v) is 4.78. The van der Waals surface area contributed by atoms with Crippen molar-refractivity contribution in [3.63, 3.8) is 0 Å². The van der Waals surface area contributed by atoms with E-state index < -0.39 is 0 Å². The van der Waals surface area contributed by atoms with Crippen LogP contribution >= 0.6 is 11.6 Å². The van der Waals surface area contributed by atoms with E-state index in [0.717, 1.165) is 16.9 Å². The number of esters is 1. The molecular weight excluding hydrogens is 288 g/mol. The van der Waals surface area contributed by atoms with E-state index in [1.807, 2.05) is 36.4 Å². The molecule has 0 saturated carbocycles. The van der Waals surface area contributed by atoms with Crippen molar-refractivity contribution in [2.24, 2.45) is 0 Å². The third-order valence-electron chi connectivity index (χ3n) is 2.82. The number of carbonyl (C=O) groups is 1. The van der Waals surface area contributed by atoms with Gasteiger partial charge in [0.05, 0.1) is 7.11 Å². The SMILES string of the molecule is COc1ccc(/C=C/C(=O)OCc2ccc(Cl)cc2)cc1. The summed E-state index contributed by atoms with van der Waals surface area (Å²) in [7, 11) is 1.61. The maximum absolute atomic E-state index is 11.6. The van der Waals surface area contributed by atoms with Gasteiger partial charge < -0.3 is 9.47 Å². The smallest absolute Gasteiger partial charge is 0.331 e. The number of methoxy groups -OCH3 is 1. The van der Waals surface area contributed by atoms with Crippen molar-refractivity contribution in [1.82, 2.24) is 0 Å². The molecule has 0 aliphatic carbocycles. The van der Waals surface area contributed by atoms with Gasteiger partial charge in [-0.15, -0.1) is 0 Å². The lowest BCUT2D eigenvalue weighted by Crippen LogP contribution is -2.00. The van der Waals surface area contributed by atoms with E-state index in [2.05, 4.69) is 0 Å². The van der Waals surface area contributed by atoms with Crippen LogP contribution in [0.25, 0.3) is 6.08 Å². The van der Waals surface area contributed by atoms with Crippen LogP contribution in [0.4, 0.5) is 0 Å². The molecule has 0 aliphatic rings. The van der Waals surface area contributed by atoms with Gasteiger partial charge in [0.1, 0.15) is 12.4 Å². The van der Waals surface area contributed by atoms with E-state index in [1.165, 1.54) is 6.08 Å². The lowest BCUT2D eigenvalue weighted by Gasteiger charge is -2.02. The second-order valence-electron chi connectivity index (χ2n) is 4.34. The van der Waals surface area contributed by atoms with Crippen molar-refractivity contribution in [2.75, 3.05) is 7.11 Å². The highest BCUT2D eigenvalue weighted by molar-refractivity contribution is 6.30. The van der Waals surface area contributed by atoms with Crippen LogP contribution in [0.2, 0.25) is 5.02 Å². The minimum Gasteiger partial charge on any atom is -0.497 e. The van der Waals surface area contributed by atoms with Crippen LogP contribution in [-0.4, -0.2) is 13.1 Å². The van der Waals surface area contributed by atoms with E-state index in [9.17, 15) is 4.79 Å². The fourth-order valence-electron chi connectivity index (χ4n) is 1.66. The van der Waals surface area contributed by atoms with Gasteiger partial charge in [-0.05, 0) is 41.5 Å². The van der Waals surface area contributed by atoms with Crippen LogP contribution in [0, 0.1) is 0 Å². The molecule has 0 unspecified atom stereocenters. The summed E-state index contributed by atoms with van der Waals surface area (Å²) in [5.41, 5.74) is 1.80. The Morgan fingerprint density at radius 1 is 1.10 bits per heavy atom. The fourth-order valence-corrected chi connectivity index (χ4v) is 1.79. The Bertz CT molecular complexity index is 615. The van der Waals surface area contributed by atoms with Crippen molar-refractivity contribution < 1.29 is 14.3 Å².